The summed E-state index contributed by atoms with van der Waals surface area (Å²) < 4.78 is 0. The van der Waals surface area contributed by atoms with Gasteiger partial charge in [-0.3, -0.25) is 0 Å². The van der Waals surface area contributed by atoms with Crippen molar-refractivity contribution in [2.75, 3.05) is 12.3 Å². The van der Waals surface area contributed by atoms with Gasteiger partial charge in [-0.05, 0) is 36.5 Å². The molecule has 1 aromatic rings. The number of nitrogens with one attached hydrogen (secondary N) is 1. The Hall–Kier alpha value is -1.02. The van der Waals surface area contributed by atoms with E-state index in [0.29, 0.717) is 0 Å². The van der Waals surface area contributed by atoms with Crippen LogP contribution in [0.1, 0.15) is 39.2 Å². The Balaban J connectivity index is 1.91. The van der Waals surface area contributed by atoms with Crippen molar-refractivity contribution in [3.8, 4) is 0 Å². The smallest absolute Gasteiger partial charge is 0.0314 e. The summed E-state index contributed by atoms with van der Waals surface area (Å²) in [4.78, 5) is 0. The normalized spacial score (nSPS) is 24.4. The highest BCUT2D eigenvalue weighted by Gasteiger charge is 2.28. The zero-order valence-corrected chi connectivity index (χ0v) is 11.2. The Labute approximate surface area is 105 Å². The lowest BCUT2D eigenvalue weighted by Gasteiger charge is -2.36. The highest BCUT2D eigenvalue weighted by atomic mass is 14.9. The summed E-state index contributed by atoms with van der Waals surface area (Å²) >= 11 is 0. The first-order chi connectivity index (χ1) is 7.97. The van der Waals surface area contributed by atoms with Crippen molar-refractivity contribution >= 4 is 5.69 Å². The number of hydrogen-bond acceptors (Lipinski definition) is 2. The molecule has 0 bridgehead atoms. The molecule has 0 atom stereocenters. The minimum Gasteiger partial charge on any atom is -0.399 e. The van der Waals surface area contributed by atoms with Crippen molar-refractivity contribution in [3.05, 3.63) is 29.8 Å². The van der Waals surface area contributed by atoms with Crippen molar-refractivity contribution in [1.29, 1.82) is 0 Å². The van der Waals surface area contributed by atoms with E-state index >= 15 is 0 Å². The maximum absolute atomic E-state index is 5.72. The lowest BCUT2D eigenvalue weighted by Crippen LogP contribution is -2.45. The first-order valence-corrected chi connectivity index (χ1v) is 6.57. The number of nitrogen functional groups attached to an aromatic ring is 1. The van der Waals surface area contributed by atoms with E-state index in [2.05, 4.69) is 38.2 Å². The number of hydrogen-bond donors (Lipinski definition) is 2. The van der Waals surface area contributed by atoms with E-state index in [9.17, 15) is 0 Å². The Kier molecular flexibility index (Phi) is 3.43. The van der Waals surface area contributed by atoms with Crippen LogP contribution in [0.3, 0.4) is 0 Å². The number of nitrogens with two attached hydrogens (primary N) is 1. The predicted octanol–water partition coefficient (Wildman–Crippen LogP) is 2.93. The van der Waals surface area contributed by atoms with E-state index in [-0.39, 0.29) is 5.41 Å². The Bertz CT molecular complexity index is 361. The third-order valence-electron chi connectivity index (χ3n) is 3.90. The Morgan fingerprint density at radius 3 is 2.35 bits per heavy atom. The molecule has 2 heteroatoms. The van der Waals surface area contributed by atoms with Crippen LogP contribution >= 0.6 is 0 Å². The fourth-order valence-corrected chi connectivity index (χ4v) is 2.50. The van der Waals surface area contributed by atoms with Crippen LogP contribution in [0.2, 0.25) is 0 Å². The molecular formula is C15H24N2. The van der Waals surface area contributed by atoms with Crippen LogP contribution in [-0.2, 0) is 5.41 Å². The summed E-state index contributed by atoms with van der Waals surface area (Å²) in [5.74, 6) is 0.909. The Morgan fingerprint density at radius 1 is 1.24 bits per heavy atom. The Morgan fingerprint density at radius 2 is 1.82 bits per heavy atom. The summed E-state index contributed by atoms with van der Waals surface area (Å²) in [5, 5.41) is 3.67. The summed E-state index contributed by atoms with van der Waals surface area (Å²) in [7, 11) is 0. The van der Waals surface area contributed by atoms with E-state index in [0.717, 1.165) is 24.2 Å². The van der Waals surface area contributed by atoms with E-state index in [1.165, 1.54) is 18.4 Å². The zero-order chi connectivity index (χ0) is 12.5. The van der Waals surface area contributed by atoms with Gasteiger partial charge in [-0.25, -0.2) is 0 Å². The van der Waals surface area contributed by atoms with Gasteiger partial charge in [-0.15, -0.1) is 0 Å². The van der Waals surface area contributed by atoms with Gasteiger partial charge >= 0.3 is 0 Å². The first-order valence-electron chi connectivity index (χ1n) is 6.57. The monoisotopic (exact) mass is 232 g/mol. The van der Waals surface area contributed by atoms with Gasteiger partial charge in [0.05, 0.1) is 0 Å². The van der Waals surface area contributed by atoms with Gasteiger partial charge in [0, 0.05) is 23.7 Å². The van der Waals surface area contributed by atoms with E-state index in [1.807, 2.05) is 12.1 Å². The average Bonchev–Trinajstić information content (AvgIpc) is 2.23. The van der Waals surface area contributed by atoms with Crippen LogP contribution in [0.4, 0.5) is 5.69 Å². The molecule has 94 valence electrons. The van der Waals surface area contributed by atoms with Crippen LogP contribution in [0.5, 0.6) is 0 Å². The second kappa shape index (κ2) is 4.69. The molecule has 0 saturated heterocycles. The van der Waals surface area contributed by atoms with Gasteiger partial charge in [-0.1, -0.05) is 32.9 Å². The summed E-state index contributed by atoms with van der Waals surface area (Å²) in [5.41, 5.74) is 8.09. The molecule has 2 nitrogen and oxygen atoms in total. The SMILES string of the molecule is CC1CC(NCC(C)(C)c2ccc(N)cc2)C1. The fourth-order valence-electron chi connectivity index (χ4n) is 2.50. The van der Waals surface area contributed by atoms with Gasteiger partial charge in [-0.2, -0.15) is 0 Å². The average molecular weight is 232 g/mol. The minimum absolute atomic E-state index is 0.173. The third kappa shape index (κ3) is 3.01. The number of anilines is 1. The van der Waals surface area contributed by atoms with Crippen molar-refractivity contribution in [3.63, 3.8) is 0 Å². The quantitative estimate of drug-likeness (QED) is 0.783. The number of benzene rings is 1. The molecule has 1 aromatic carbocycles. The molecule has 1 aliphatic rings. The maximum atomic E-state index is 5.72. The third-order valence-corrected chi connectivity index (χ3v) is 3.90. The molecule has 1 saturated carbocycles. The zero-order valence-electron chi connectivity index (χ0n) is 11.2. The predicted molar refractivity (Wildman–Crippen MR) is 74.1 cm³/mol. The minimum atomic E-state index is 0.173. The molecule has 0 heterocycles. The van der Waals surface area contributed by atoms with Crippen molar-refractivity contribution in [1.82, 2.24) is 5.32 Å². The lowest BCUT2D eigenvalue weighted by atomic mass is 9.79. The van der Waals surface area contributed by atoms with Crippen LogP contribution in [0.15, 0.2) is 24.3 Å². The second-order valence-corrected chi connectivity index (χ2v) is 6.16. The molecule has 3 N–H and O–H groups in total. The standard InChI is InChI=1S/C15H24N2/c1-11-8-14(9-11)17-10-15(2,3)12-4-6-13(16)7-5-12/h4-7,11,14,17H,8-10,16H2,1-3H3. The molecule has 17 heavy (non-hydrogen) atoms. The summed E-state index contributed by atoms with van der Waals surface area (Å²) in [6.07, 6.45) is 2.66. The summed E-state index contributed by atoms with van der Waals surface area (Å²) in [6, 6.07) is 8.99. The fraction of sp³-hybridized carbons (Fsp3) is 0.600. The van der Waals surface area contributed by atoms with Crippen LogP contribution in [0, 0.1) is 5.92 Å². The van der Waals surface area contributed by atoms with Crippen LogP contribution < -0.4 is 11.1 Å². The lowest BCUT2D eigenvalue weighted by molar-refractivity contribution is 0.229. The summed E-state index contributed by atoms with van der Waals surface area (Å²) in [6.45, 7) is 7.93. The molecule has 0 spiro atoms. The molecule has 0 radical (unpaired) electrons. The molecular weight excluding hydrogens is 208 g/mol. The molecule has 2 rings (SSSR count). The van der Waals surface area contributed by atoms with Crippen LogP contribution in [0.25, 0.3) is 0 Å². The van der Waals surface area contributed by atoms with E-state index in [4.69, 9.17) is 5.73 Å². The van der Waals surface area contributed by atoms with Gasteiger partial charge in [0.2, 0.25) is 0 Å². The van der Waals surface area contributed by atoms with Gasteiger partial charge in [0.1, 0.15) is 0 Å². The highest BCUT2D eigenvalue weighted by Crippen LogP contribution is 2.28. The first kappa shape index (κ1) is 12.4. The molecule has 0 amide bonds. The molecule has 0 aromatic heterocycles. The van der Waals surface area contributed by atoms with E-state index < -0.39 is 0 Å². The van der Waals surface area contributed by atoms with E-state index in [1.54, 1.807) is 0 Å². The van der Waals surface area contributed by atoms with Crippen molar-refractivity contribution in [2.45, 2.75) is 45.1 Å². The largest absolute Gasteiger partial charge is 0.399 e. The van der Waals surface area contributed by atoms with Crippen molar-refractivity contribution < 1.29 is 0 Å². The molecule has 1 aliphatic carbocycles. The van der Waals surface area contributed by atoms with Crippen LogP contribution in [-0.4, -0.2) is 12.6 Å². The molecule has 0 aliphatic heterocycles. The topological polar surface area (TPSA) is 38.0 Å². The molecule has 0 unspecified atom stereocenters. The maximum Gasteiger partial charge on any atom is 0.0314 e. The van der Waals surface area contributed by atoms with Crippen molar-refractivity contribution in [2.24, 2.45) is 5.92 Å². The second-order valence-electron chi connectivity index (χ2n) is 6.16. The van der Waals surface area contributed by atoms with Gasteiger partial charge in [0.15, 0.2) is 0 Å². The van der Waals surface area contributed by atoms with Gasteiger partial charge < -0.3 is 11.1 Å². The van der Waals surface area contributed by atoms with Gasteiger partial charge in [0.25, 0.3) is 0 Å². The highest BCUT2D eigenvalue weighted by molar-refractivity contribution is 5.41. The molecule has 1 fully saturated rings. The number of rotatable bonds is 4.